The Bertz CT molecular complexity index is 1460. The molecule has 1 aliphatic heterocycles. The first-order valence-electron chi connectivity index (χ1n) is 11.6. The molecular formula is C26H29N3O5. The van der Waals surface area contributed by atoms with Crippen LogP contribution in [0.15, 0.2) is 44.5 Å². The topological polar surface area (TPSA) is 103 Å². The molecule has 0 unspecified atom stereocenters. The molecule has 1 N–H and O–H groups in total. The molecule has 0 bridgehead atoms. The Hall–Kier alpha value is -3.42. The van der Waals surface area contributed by atoms with Crippen LogP contribution in [0.25, 0.3) is 0 Å². The van der Waals surface area contributed by atoms with Crippen molar-refractivity contribution in [2.45, 2.75) is 59.5 Å². The lowest BCUT2D eigenvalue weighted by molar-refractivity contribution is -0.140. The van der Waals surface area contributed by atoms with Crippen molar-refractivity contribution >= 4 is 11.6 Å². The van der Waals surface area contributed by atoms with Crippen LogP contribution in [0.3, 0.4) is 0 Å². The van der Waals surface area contributed by atoms with E-state index in [0.29, 0.717) is 22.3 Å². The van der Waals surface area contributed by atoms with E-state index in [0.717, 1.165) is 15.7 Å². The van der Waals surface area contributed by atoms with Crippen molar-refractivity contribution in [1.82, 2.24) is 13.9 Å². The Labute approximate surface area is 196 Å². The number of Topliss-reactive ketones (excluding diaryl/α,β-unsaturated/α-hetero) is 2. The molecule has 178 valence electrons. The fourth-order valence-electron chi connectivity index (χ4n) is 6.49. The molecule has 2 aliphatic carbocycles. The zero-order valence-electron chi connectivity index (χ0n) is 20.3. The summed E-state index contributed by atoms with van der Waals surface area (Å²) in [6.07, 6.45) is 2.21. The number of carbonyl (C=O) groups is 2. The lowest BCUT2D eigenvalue weighted by Gasteiger charge is -2.53. The van der Waals surface area contributed by atoms with E-state index in [2.05, 4.69) is 0 Å². The number of phenols is 1. The van der Waals surface area contributed by atoms with Crippen LogP contribution in [-0.4, -0.2) is 30.6 Å². The van der Waals surface area contributed by atoms with Crippen LogP contribution in [0.1, 0.15) is 55.8 Å². The number of aromatic hydroxyl groups is 1. The highest BCUT2D eigenvalue weighted by molar-refractivity contribution is 6.15. The van der Waals surface area contributed by atoms with Gasteiger partial charge in [-0.15, -0.1) is 0 Å². The van der Waals surface area contributed by atoms with Crippen LogP contribution in [0.2, 0.25) is 0 Å². The van der Waals surface area contributed by atoms with E-state index in [9.17, 15) is 24.3 Å². The summed E-state index contributed by atoms with van der Waals surface area (Å²) in [7, 11) is 1.45. The second kappa shape index (κ2) is 7.04. The molecule has 1 fully saturated rings. The van der Waals surface area contributed by atoms with Crippen molar-refractivity contribution in [3.05, 3.63) is 72.6 Å². The second-order valence-corrected chi connectivity index (χ2v) is 10.2. The van der Waals surface area contributed by atoms with Crippen LogP contribution in [0.4, 0.5) is 0 Å². The van der Waals surface area contributed by atoms with Gasteiger partial charge in [0, 0.05) is 18.9 Å². The van der Waals surface area contributed by atoms with Crippen molar-refractivity contribution in [2.24, 2.45) is 18.4 Å². The summed E-state index contributed by atoms with van der Waals surface area (Å²) < 4.78 is 3.95. The molecule has 0 spiro atoms. The molecule has 4 atom stereocenters. The predicted octanol–water partition coefficient (Wildman–Crippen LogP) is 2.45. The van der Waals surface area contributed by atoms with Gasteiger partial charge < -0.3 is 5.11 Å². The fraction of sp³-hybridized carbons (Fsp3) is 0.462. The first kappa shape index (κ1) is 22.4. The van der Waals surface area contributed by atoms with E-state index < -0.39 is 34.7 Å². The quantitative estimate of drug-likeness (QED) is 0.655. The Morgan fingerprint density at radius 1 is 0.971 bits per heavy atom. The molecule has 2 aromatic rings. The van der Waals surface area contributed by atoms with E-state index in [1.165, 1.54) is 16.4 Å². The summed E-state index contributed by atoms with van der Waals surface area (Å²) in [5.74, 6) is -1.07. The standard InChI is InChI=1S/C26H29N3O5/c1-12-9-16(10-13(2)21(12)30)20-17-7-8-28-24(33)27(6)25(34)29(28)19(17)11-18-22(31)14(3)15(4)23(32)26(18,20)5/h7,9-10,18-20,30H,8,11H2,1-6H3/t18-,19+,20-,26+/m0/s1. The van der Waals surface area contributed by atoms with Gasteiger partial charge >= 0.3 is 11.4 Å². The SMILES string of the molecule is CC1=C(C)C(=O)[C@@]2(C)[C@@H](c3cc(C)c(O)c(C)c3)C3=CCn4c(=O)n(C)c(=O)n4[C@@H]3C[C@H]2C1=O. The van der Waals surface area contributed by atoms with E-state index in [1.807, 2.05) is 39.0 Å². The van der Waals surface area contributed by atoms with Gasteiger partial charge in [-0.1, -0.05) is 25.1 Å². The number of fused-ring (bicyclic) bond motifs is 4. The number of nitrogens with zero attached hydrogens (tertiary/aromatic N) is 3. The minimum absolute atomic E-state index is 0.0642. The van der Waals surface area contributed by atoms with Crippen LogP contribution in [-0.2, 0) is 23.2 Å². The van der Waals surface area contributed by atoms with Gasteiger partial charge in [-0.3, -0.25) is 9.59 Å². The largest absolute Gasteiger partial charge is 0.507 e. The normalized spacial score (nSPS) is 28.4. The summed E-state index contributed by atoms with van der Waals surface area (Å²) in [6, 6.07) is 3.22. The third-order valence-corrected chi connectivity index (χ3v) is 8.47. The number of aryl methyl sites for hydroxylation is 2. The van der Waals surface area contributed by atoms with E-state index in [4.69, 9.17) is 0 Å². The van der Waals surface area contributed by atoms with Gasteiger partial charge in [0.2, 0.25) is 0 Å². The predicted molar refractivity (Wildman–Crippen MR) is 126 cm³/mol. The number of ketones is 2. The van der Waals surface area contributed by atoms with Crippen LogP contribution < -0.4 is 11.4 Å². The summed E-state index contributed by atoms with van der Waals surface area (Å²) in [4.78, 5) is 53.2. The Kier molecular flexibility index (Phi) is 4.63. The van der Waals surface area contributed by atoms with Crippen LogP contribution in [0.5, 0.6) is 5.75 Å². The third kappa shape index (κ3) is 2.59. The van der Waals surface area contributed by atoms with Crippen molar-refractivity contribution in [2.75, 3.05) is 0 Å². The maximum atomic E-state index is 13.9. The minimum atomic E-state index is -1.04. The van der Waals surface area contributed by atoms with Gasteiger partial charge in [-0.2, -0.15) is 0 Å². The number of allylic oxidation sites excluding steroid dienone is 4. The van der Waals surface area contributed by atoms with Gasteiger partial charge in [0.15, 0.2) is 11.6 Å². The number of phenolic OH excluding ortho intramolecular Hbond substituents is 1. The molecule has 5 rings (SSSR count). The molecule has 34 heavy (non-hydrogen) atoms. The summed E-state index contributed by atoms with van der Waals surface area (Å²) in [5, 5.41) is 10.4. The second-order valence-electron chi connectivity index (χ2n) is 10.2. The molecule has 2 heterocycles. The number of aromatic nitrogens is 3. The average molecular weight is 464 g/mol. The maximum Gasteiger partial charge on any atom is 0.347 e. The molecule has 1 aromatic carbocycles. The van der Waals surface area contributed by atoms with Gasteiger partial charge in [0.25, 0.3) is 0 Å². The smallest absolute Gasteiger partial charge is 0.347 e. The summed E-state index contributed by atoms with van der Waals surface area (Å²) >= 11 is 0. The number of rotatable bonds is 1. The average Bonchev–Trinajstić information content (AvgIpc) is 3.03. The van der Waals surface area contributed by atoms with E-state index in [1.54, 1.807) is 13.8 Å². The van der Waals surface area contributed by atoms with Gasteiger partial charge in [-0.05, 0) is 67.5 Å². The minimum Gasteiger partial charge on any atom is -0.507 e. The van der Waals surface area contributed by atoms with Crippen molar-refractivity contribution in [3.63, 3.8) is 0 Å². The lowest BCUT2D eigenvalue weighted by atomic mass is 9.50. The highest BCUT2D eigenvalue weighted by Crippen LogP contribution is 2.60. The van der Waals surface area contributed by atoms with Gasteiger partial charge in [0.1, 0.15) is 5.75 Å². The molecule has 3 aliphatic rings. The third-order valence-electron chi connectivity index (χ3n) is 8.47. The monoisotopic (exact) mass is 463 g/mol. The molecular weight excluding hydrogens is 434 g/mol. The van der Waals surface area contributed by atoms with Crippen molar-refractivity contribution in [1.29, 1.82) is 0 Å². The number of hydrogen-bond donors (Lipinski definition) is 1. The molecule has 0 amide bonds. The Balaban J connectivity index is 1.83. The number of hydrogen-bond acceptors (Lipinski definition) is 5. The first-order valence-corrected chi connectivity index (χ1v) is 11.6. The van der Waals surface area contributed by atoms with Crippen molar-refractivity contribution < 1.29 is 14.7 Å². The van der Waals surface area contributed by atoms with E-state index >= 15 is 0 Å². The number of benzene rings is 1. The molecule has 1 aromatic heterocycles. The molecule has 0 radical (unpaired) electrons. The van der Waals surface area contributed by atoms with Crippen molar-refractivity contribution in [3.8, 4) is 5.75 Å². The molecule has 8 heteroatoms. The summed E-state index contributed by atoms with van der Waals surface area (Å²) in [5.41, 5.74) is 2.11. The summed E-state index contributed by atoms with van der Waals surface area (Å²) in [6.45, 7) is 9.10. The molecule has 8 nitrogen and oxygen atoms in total. The highest BCUT2D eigenvalue weighted by atomic mass is 16.3. The van der Waals surface area contributed by atoms with Crippen LogP contribution in [0, 0.1) is 25.2 Å². The molecule has 0 saturated heterocycles. The first-order chi connectivity index (χ1) is 15.9. The Morgan fingerprint density at radius 2 is 1.59 bits per heavy atom. The van der Waals surface area contributed by atoms with Crippen LogP contribution >= 0.6 is 0 Å². The van der Waals surface area contributed by atoms with Gasteiger partial charge in [0.05, 0.1) is 18.0 Å². The zero-order valence-corrected chi connectivity index (χ0v) is 20.3. The fourth-order valence-corrected chi connectivity index (χ4v) is 6.49. The zero-order chi connectivity index (χ0) is 24.9. The van der Waals surface area contributed by atoms with Gasteiger partial charge in [-0.25, -0.2) is 23.5 Å². The highest BCUT2D eigenvalue weighted by Gasteiger charge is 2.60. The number of carbonyl (C=O) groups excluding carboxylic acids is 2. The maximum absolute atomic E-state index is 13.9. The molecule has 1 saturated carbocycles. The van der Waals surface area contributed by atoms with E-state index in [-0.39, 0.29) is 30.3 Å². The lowest BCUT2D eigenvalue weighted by Crippen LogP contribution is -2.55. The Morgan fingerprint density at radius 3 is 2.21 bits per heavy atom.